The predicted octanol–water partition coefficient (Wildman–Crippen LogP) is 6.35. The Hall–Kier alpha value is -3.38. The topological polar surface area (TPSA) is 49.2 Å². The van der Waals surface area contributed by atoms with Gasteiger partial charge in [0, 0.05) is 33.1 Å². The van der Waals surface area contributed by atoms with Gasteiger partial charge >= 0.3 is 0 Å². The lowest BCUT2D eigenvalue weighted by molar-refractivity contribution is 0.174. The molecule has 0 aliphatic carbocycles. The van der Waals surface area contributed by atoms with Crippen molar-refractivity contribution in [2.75, 3.05) is 6.79 Å². The van der Waals surface area contributed by atoms with Crippen LogP contribution in [0.4, 0.5) is 0 Å². The van der Waals surface area contributed by atoms with Gasteiger partial charge in [-0.05, 0) is 55.3 Å². The van der Waals surface area contributed by atoms with Crippen molar-refractivity contribution in [2.24, 2.45) is 0 Å². The number of pyridine rings is 1. The number of halogens is 1. The molecule has 0 spiro atoms. The van der Waals surface area contributed by atoms with Crippen LogP contribution in [0.25, 0.3) is 38.8 Å². The van der Waals surface area contributed by atoms with Crippen molar-refractivity contribution >= 4 is 37.7 Å². The van der Waals surface area contributed by atoms with E-state index in [4.69, 9.17) is 19.6 Å². The number of fused-ring (bicyclic) bond motifs is 4. The van der Waals surface area contributed by atoms with E-state index in [9.17, 15) is 0 Å². The molecule has 5 aromatic rings. The molecule has 3 aromatic carbocycles. The number of hydrogen-bond acceptors (Lipinski definition) is 4. The lowest BCUT2D eigenvalue weighted by Crippen LogP contribution is -1.98. The van der Waals surface area contributed by atoms with Crippen LogP contribution in [0.5, 0.6) is 11.5 Å². The third-order valence-corrected chi connectivity index (χ3v) is 6.33. The van der Waals surface area contributed by atoms with Gasteiger partial charge in [0.1, 0.15) is 5.69 Å². The lowest BCUT2D eigenvalue weighted by atomic mass is 10.1. The highest BCUT2D eigenvalue weighted by Crippen LogP contribution is 2.40. The van der Waals surface area contributed by atoms with E-state index in [1.54, 1.807) is 0 Å². The first-order chi connectivity index (χ1) is 15.1. The number of aryl methyl sites for hydroxylation is 2. The van der Waals surface area contributed by atoms with Crippen LogP contribution in [0.2, 0.25) is 0 Å². The molecule has 2 aromatic heterocycles. The van der Waals surface area contributed by atoms with Gasteiger partial charge in [0.15, 0.2) is 11.5 Å². The van der Waals surface area contributed by atoms with E-state index in [0.717, 1.165) is 54.7 Å². The second-order valence-electron chi connectivity index (χ2n) is 7.78. The smallest absolute Gasteiger partial charge is 0.231 e. The monoisotopic (exact) mass is 471 g/mol. The molecule has 0 fully saturated rings. The van der Waals surface area contributed by atoms with Crippen molar-refractivity contribution in [1.29, 1.82) is 0 Å². The Morgan fingerprint density at radius 1 is 0.903 bits per heavy atom. The summed E-state index contributed by atoms with van der Waals surface area (Å²) < 4.78 is 14.2. The first-order valence-electron chi connectivity index (χ1n) is 10.0. The molecule has 0 unspecified atom stereocenters. The molecule has 0 atom stereocenters. The van der Waals surface area contributed by atoms with Crippen molar-refractivity contribution < 1.29 is 9.47 Å². The summed E-state index contributed by atoms with van der Waals surface area (Å²) in [5.41, 5.74) is 7.26. The molecule has 1 aliphatic heterocycles. The minimum Gasteiger partial charge on any atom is -0.454 e. The third-order valence-electron chi connectivity index (χ3n) is 5.83. The quantitative estimate of drug-likeness (QED) is 0.301. The summed E-state index contributed by atoms with van der Waals surface area (Å²) >= 11 is 3.59. The van der Waals surface area contributed by atoms with Crippen LogP contribution < -0.4 is 9.47 Å². The standard InChI is InChI=1S/C25H18BrN3O2/c1-14-6-7-18(8-15(14)2)29-25-19-10-22-23(31-13-30-22)11-21(19)27-12-20(25)24(28-29)16-4-3-5-17(26)9-16/h3-12H,13H2,1-2H3. The fraction of sp³-hybridized carbons (Fsp3) is 0.120. The van der Waals surface area contributed by atoms with E-state index in [1.807, 2.05) is 35.1 Å². The Balaban J connectivity index is 1.73. The zero-order valence-electron chi connectivity index (χ0n) is 17.0. The molecular weight excluding hydrogens is 454 g/mol. The van der Waals surface area contributed by atoms with Gasteiger partial charge in [0.2, 0.25) is 6.79 Å². The maximum absolute atomic E-state index is 5.66. The van der Waals surface area contributed by atoms with Gasteiger partial charge in [-0.1, -0.05) is 34.1 Å². The molecule has 0 saturated heterocycles. The number of hydrogen-bond donors (Lipinski definition) is 0. The van der Waals surface area contributed by atoms with E-state index in [0.29, 0.717) is 0 Å². The van der Waals surface area contributed by atoms with Gasteiger partial charge in [-0.3, -0.25) is 4.98 Å². The maximum atomic E-state index is 5.66. The number of nitrogens with zero attached hydrogens (tertiary/aromatic N) is 3. The molecule has 5 nitrogen and oxygen atoms in total. The van der Waals surface area contributed by atoms with Crippen LogP contribution in [-0.4, -0.2) is 21.6 Å². The van der Waals surface area contributed by atoms with Gasteiger partial charge < -0.3 is 9.47 Å². The van der Waals surface area contributed by atoms with Crippen molar-refractivity contribution in [3.8, 4) is 28.4 Å². The van der Waals surface area contributed by atoms with Crippen molar-refractivity contribution in [1.82, 2.24) is 14.8 Å². The Kier molecular flexibility index (Phi) is 4.05. The number of rotatable bonds is 2. The Morgan fingerprint density at radius 3 is 2.55 bits per heavy atom. The van der Waals surface area contributed by atoms with Gasteiger partial charge in [-0.2, -0.15) is 5.10 Å². The minimum atomic E-state index is 0.231. The summed E-state index contributed by atoms with van der Waals surface area (Å²) in [5.74, 6) is 1.46. The number of ether oxygens (including phenoxy) is 2. The Morgan fingerprint density at radius 2 is 1.74 bits per heavy atom. The first kappa shape index (κ1) is 18.4. The first-order valence-corrected chi connectivity index (χ1v) is 10.8. The largest absolute Gasteiger partial charge is 0.454 e. The van der Waals surface area contributed by atoms with E-state index >= 15 is 0 Å². The SMILES string of the molecule is Cc1ccc(-n2nc(-c3cccc(Br)c3)c3cnc4cc5c(cc4c32)OCO5)cc1C. The van der Waals surface area contributed by atoms with Crippen molar-refractivity contribution in [2.45, 2.75) is 13.8 Å². The highest BCUT2D eigenvalue weighted by atomic mass is 79.9. The molecule has 3 heterocycles. The van der Waals surface area contributed by atoms with E-state index < -0.39 is 0 Å². The van der Waals surface area contributed by atoms with Crippen LogP contribution >= 0.6 is 15.9 Å². The summed E-state index contributed by atoms with van der Waals surface area (Å²) in [6, 6.07) is 18.6. The molecule has 0 bridgehead atoms. The summed E-state index contributed by atoms with van der Waals surface area (Å²) in [6.45, 7) is 4.47. The van der Waals surface area contributed by atoms with Gasteiger partial charge in [-0.25, -0.2) is 4.68 Å². The molecular formula is C25H18BrN3O2. The van der Waals surface area contributed by atoms with Crippen molar-refractivity contribution in [3.63, 3.8) is 0 Å². The number of aromatic nitrogens is 3. The lowest BCUT2D eigenvalue weighted by Gasteiger charge is -2.09. The second kappa shape index (κ2) is 6.82. The Labute approximate surface area is 187 Å². The Bertz CT molecular complexity index is 1510. The van der Waals surface area contributed by atoms with E-state index in [-0.39, 0.29) is 6.79 Å². The summed E-state index contributed by atoms with van der Waals surface area (Å²) in [5, 5.41) is 7.04. The van der Waals surface area contributed by atoms with Gasteiger partial charge in [0.25, 0.3) is 0 Å². The molecule has 1 aliphatic rings. The molecule has 6 heteroatoms. The number of benzene rings is 3. The molecule has 0 amide bonds. The fourth-order valence-electron chi connectivity index (χ4n) is 4.07. The average molecular weight is 472 g/mol. The van der Waals surface area contributed by atoms with E-state index in [1.165, 1.54) is 11.1 Å². The highest BCUT2D eigenvalue weighted by Gasteiger charge is 2.21. The second-order valence-corrected chi connectivity index (χ2v) is 8.70. The normalized spacial score (nSPS) is 12.7. The zero-order valence-corrected chi connectivity index (χ0v) is 18.6. The zero-order chi connectivity index (χ0) is 21.1. The molecule has 6 rings (SSSR count). The summed E-state index contributed by atoms with van der Waals surface area (Å²) in [6.07, 6.45) is 1.90. The average Bonchev–Trinajstić information content (AvgIpc) is 3.38. The van der Waals surface area contributed by atoms with Crippen LogP contribution in [-0.2, 0) is 0 Å². The summed E-state index contributed by atoms with van der Waals surface area (Å²) in [4.78, 5) is 4.73. The molecule has 0 saturated carbocycles. The van der Waals surface area contributed by atoms with Crippen LogP contribution in [0.3, 0.4) is 0 Å². The maximum Gasteiger partial charge on any atom is 0.231 e. The highest BCUT2D eigenvalue weighted by molar-refractivity contribution is 9.10. The van der Waals surface area contributed by atoms with Crippen LogP contribution in [0.15, 0.2) is 65.3 Å². The third kappa shape index (κ3) is 2.90. The van der Waals surface area contributed by atoms with Crippen LogP contribution in [0, 0.1) is 13.8 Å². The summed E-state index contributed by atoms with van der Waals surface area (Å²) in [7, 11) is 0. The predicted molar refractivity (Wildman–Crippen MR) is 125 cm³/mol. The minimum absolute atomic E-state index is 0.231. The van der Waals surface area contributed by atoms with Gasteiger partial charge in [-0.15, -0.1) is 0 Å². The molecule has 31 heavy (non-hydrogen) atoms. The van der Waals surface area contributed by atoms with Crippen molar-refractivity contribution in [3.05, 3.63) is 76.4 Å². The molecule has 152 valence electrons. The molecule has 0 radical (unpaired) electrons. The van der Waals surface area contributed by atoms with Crippen LogP contribution in [0.1, 0.15) is 11.1 Å². The van der Waals surface area contributed by atoms with E-state index in [2.05, 4.69) is 60.1 Å². The molecule has 0 N–H and O–H groups in total. The van der Waals surface area contributed by atoms with Gasteiger partial charge in [0.05, 0.1) is 16.7 Å². The fourth-order valence-corrected chi connectivity index (χ4v) is 4.47.